The first-order valence-corrected chi connectivity index (χ1v) is 9.04. The minimum atomic E-state index is -0.666. The Morgan fingerprint density at radius 1 is 1.50 bits per heavy atom. The molecule has 0 bridgehead atoms. The Balaban J connectivity index is 2.03. The Labute approximate surface area is 142 Å². The molecule has 1 aliphatic rings. The number of benzene rings is 1. The van der Waals surface area contributed by atoms with E-state index < -0.39 is 4.99 Å². The summed E-state index contributed by atoms with van der Waals surface area (Å²) in [6.07, 6.45) is 0. The Kier molecular flexibility index (Phi) is 4.20. The van der Waals surface area contributed by atoms with Crippen LogP contribution in [0, 0.1) is 6.92 Å². The predicted octanol–water partition coefficient (Wildman–Crippen LogP) is 3.59. The van der Waals surface area contributed by atoms with Crippen LogP contribution in [0.15, 0.2) is 24.3 Å². The van der Waals surface area contributed by atoms with Gasteiger partial charge in [-0.25, -0.2) is 4.98 Å². The minimum absolute atomic E-state index is 0.0597. The van der Waals surface area contributed by atoms with Gasteiger partial charge in [-0.15, -0.1) is 23.1 Å². The SMILES string of the molecule is Cc1nc(-c2cccc(Cl)c2)c(C(=O)N2CCSC2(C)N)s1. The van der Waals surface area contributed by atoms with Crippen LogP contribution in [0.5, 0.6) is 0 Å². The molecule has 0 aliphatic carbocycles. The number of thiazole rings is 1. The van der Waals surface area contributed by atoms with Gasteiger partial charge in [0.15, 0.2) is 0 Å². The highest BCUT2D eigenvalue weighted by atomic mass is 35.5. The zero-order valence-corrected chi connectivity index (χ0v) is 14.7. The van der Waals surface area contributed by atoms with Gasteiger partial charge in [-0.05, 0) is 26.0 Å². The summed E-state index contributed by atoms with van der Waals surface area (Å²) >= 11 is 9.05. The van der Waals surface area contributed by atoms with E-state index in [-0.39, 0.29) is 5.91 Å². The average molecular weight is 354 g/mol. The van der Waals surface area contributed by atoms with Crippen LogP contribution in [0.25, 0.3) is 11.3 Å². The number of aromatic nitrogens is 1. The number of thioether (sulfide) groups is 1. The van der Waals surface area contributed by atoms with E-state index in [0.29, 0.717) is 22.1 Å². The van der Waals surface area contributed by atoms with Gasteiger partial charge < -0.3 is 10.6 Å². The van der Waals surface area contributed by atoms with Gasteiger partial charge in [0.25, 0.3) is 5.91 Å². The van der Waals surface area contributed by atoms with E-state index >= 15 is 0 Å². The third-order valence-corrected chi connectivity index (χ3v) is 5.90. The highest BCUT2D eigenvalue weighted by Crippen LogP contribution is 2.36. The Morgan fingerprint density at radius 3 is 2.91 bits per heavy atom. The number of carbonyl (C=O) groups excluding carboxylic acids is 1. The molecule has 0 radical (unpaired) electrons. The lowest BCUT2D eigenvalue weighted by Crippen LogP contribution is -2.50. The van der Waals surface area contributed by atoms with Gasteiger partial charge >= 0.3 is 0 Å². The Morgan fingerprint density at radius 2 is 2.27 bits per heavy atom. The monoisotopic (exact) mass is 353 g/mol. The number of hydrogen-bond donors (Lipinski definition) is 1. The lowest BCUT2D eigenvalue weighted by atomic mass is 10.1. The Bertz CT molecular complexity index is 729. The number of hydrogen-bond acceptors (Lipinski definition) is 5. The molecule has 0 spiro atoms. The van der Waals surface area contributed by atoms with Crippen molar-refractivity contribution in [3.63, 3.8) is 0 Å². The first-order valence-electron chi connectivity index (χ1n) is 6.86. The van der Waals surface area contributed by atoms with E-state index in [1.54, 1.807) is 22.7 Å². The molecule has 116 valence electrons. The molecular weight excluding hydrogens is 338 g/mol. The third kappa shape index (κ3) is 2.88. The maximum Gasteiger partial charge on any atom is 0.268 e. The van der Waals surface area contributed by atoms with Crippen LogP contribution in [0.4, 0.5) is 0 Å². The second-order valence-electron chi connectivity index (χ2n) is 5.28. The van der Waals surface area contributed by atoms with E-state index in [4.69, 9.17) is 17.3 Å². The quantitative estimate of drug-likeness (QED) is 0.896. The molecule has 22 heavy (non-hydrogen) atoms. The van der Waals surface area contributed by atoms with Crippen LogP contribution in [0.1, 0.15) is 21.6 Å². The number of carbonyl (C=O) groups is 1. The van der Waals surface area contributed by atoms with Crippen molar-refractivity contribution >= 4 is 40.6 Å². The summed E-state index contributed by atoms with van der Waals surface area (Å²) in [4.78, 5) is 19.1. The maximum atomic E-state index is 12.9. The van der Waals surface area contributed by atoms with Crippen LogP contribution in [-0.4, -0.2) is 33.1 Å². The fourth-order valence-electron chi connectivity index (χ4n) is 2.47. The smallest absolute Gasteiger partial charge is 0.268 e. The van der Waals surface area contributed by atoms with E-state index in [0.717, 1.165) is 16.3 Å². The predicted molar refractivity (Wildman–Crippen MR) is 93.4 cm³/mol. The number of amides is 1. The summed E-state index contributed by atoms with van der Waals surface area (Å²) in [6.45, 7) is 4.42. The molecule has 1 aromatic carbocycles. The lowest BCUT2D eigenvalue weighted by Gasteiger charge is -2.29. The zero-order valence-electron chi connectivity index (χ0n) is 12.3. The molecule has 1 aliphatic heterocycles. The third-order valence-electron chi connectivity index (χ3n) is 3.52. The first-order chi connectivity index (χ1) is 10.4. The van der Waals surface area contributed by atoms with Gasteiger partial charge in [-0.2, -0.15) is 0 Å². The van der Waals surface area contributed by atoms with E-state index in [2.05, 4.69) is 4.98 Å². The van der Waals surface area contributed by atoms with Crippen LogP contribution < -0.4 is 5.73 Å². The zero-order chi connectivity index (χ0) is 15.9. The molecule has 2 heterocycles. The topological polar surface area (TPSA) is 59.2 Å². The number of aryl methyl sites for hydroxylation is 1. The summed E-state index contributed by atoms with van der Waals surface area (Å²) in [7, 11) is 0. The van der Waals surface area contributed by atoms with E-state index in [9.17, 15) is 4.79 Å². The molecule has 1 unspecified atom stereocenters. The number of nitrogens with two attached hydrogens (primary N) is 1. The lowest BCUT2D eigenvalue weighted by molar-refractivity contribution is 0.0703. The van der Waals surface area contributed by atoms with Gasteiger partial charge in [-0.1, -0.05) is 23.7 Å². The second-order valence-corrected chi connectivity index (χ2v) is 8.44. The first kappa shape index (κ1) is 15.8. The van der Waals surface area contributed by atoms with Crippen LogP contribution in [-0.2, 0) is 0 Å². The summed E-state index contributed by atoms with van der Waals surface area (Å²) in [5.74, 6) is 0.791. The molecule has 0 saturated carbocycles. The molecule has 1 saturated heterocycles. The Hall–Kier alpha value is -1.08. The largest absolute Gasteiger partial charge is 0.310 e. The van der Waals surface area contributed by atoms with Crippen molar-refractivity contribution in [2.24, 2.45) is 5.73 Å². The van der Waals surface area contributed by atoms with Crippen molar-refractivity contribution in [2.45, 2.75) is 18.8 Å². The van der Waals surface area contributed by atoms with Crippen LogP contribution in [0.2, 0.25) is 5.02 Å². The van der Waals surface area contributed by atoms with Crippen molar-refractivity contribution in [1.82, 2.24) is 9.88 Å². The van der Waals surface area contributed by atoms with Crippen molar-refractivity contribution in [3.8, 4) is 11.3 Å². The second kappa shape index (κ2) is 5.85. The van der Waals surface area contributed by atoms with Crippen molar-refractivity contribution in [1.29, 1.82) is 0 Å². The van der Waals surface area contributed by atoms with Crippen molar-refractivity contribution < 1.29 is 4.79 Å². The number of rotatable bonds is 2. The standard InChI is InChI=1S/C15H16ClN3OS2/c1-9-18-12(10-4-3-5-11(16)8-10)13(22-9)14(20)19-6-7-21-15(19,2)17/h3-5,8H,6-7,17H2,1-2H3. The molecule has 1 atom stereocenters. The maximum absolute atomic E-state index is 12.9. The van der Waals surface area contributed by atoms with Crippen LogP contribution >= 0.6 is 34.7 Å². The number of halogens is 1. The number of nitrogens with zero attached hydrogens (tertiary/aromatic N) is 2. The van der Waals surface area contributed by atoms with Crippen molar-refractivity contribution in [2.75, 3.05) is 12.3 Å². The fraction of sp³-hybridized carbons (Fsp3) is 0.333. The average Bonchev–Trinajstić information content (AvgIpc) is 3.00. The summed E-state index contributed by atoms with van der Waals surface area (Å²) < 4.78 is 0. The normalized spacial score (nSPS) is 21.4. The molecule has 2 N–H and O–H groups in total. The fourth-order valence-corrected chi connectivity index (χ4v) is 4.57. The molecule has 3 rings (SSSR count). The van der Waals surface area contributed by atoms with Crippen molar-refractivity contribution in [3.05, 3.63) is 39.2 Å². The summed E-state index contributed by atoms with van der Waals surface area (Å²) in [5.41, 5.74) is 7.75. The molecule has 2 aromatic rings. The van der Waals surface area contributed by atoms with Gasteiger partial charge in [0.1, 0.15) is 9.87 Å². The van der Waals surface area contributed by atoms with Gasteiger partial charge in [0.05, 0.1) is 10.7 Å². The molecular formula is C15H16ClN3OS2. The van der Waals surface area contributed by atoms with Gasteiger partial charge in [0.2, 0.25) is 0 Å². The molecule has 1 amide bonds. The molecule has 1 fully saturated rings. The highest BCUT2D eigenvalue weighted by Gasteiger charge is 2.39. The summed E-state index contributed by atoms with van der Waals surface area (Å²) in [5, 5.41) is 1.48. The van der Waals surface area contributed by atoms with E-state index in [1.165, 1.54) is 11.3 Å². The minimum Gasteiger partial charge on any atom is -0.310 e. The molecule has 4 nitrogen and oxygen atoms in total. The van der Waals surface area contributed by atoms with E-state index in [1.807, 2.05) is 32.0 Å². The van der Waals surface area contributed by atoms with Gasteiger partial charge in [-0.3, -0.25) is 4.79 Å². The summed E-state index contributed by atoms with van der Waals surface area (Å²) in [6, 6.07) is 7.41. The highest BCUT2D eigenvalue weighted by molar-refractivity contribution is 8.00. The molecule has 1 aromatic heterocycles. The van der Waals surface area contributed by atoms with Gasteiger partial charge in [0, 0.05) is 22.9 Å². The molecule has 7 heteroatoms. The van der Waals surface area contributed by atoms with Crippen LogP contribution in [0.3, 0.4) is 0 Å².